The van der Waals surface area contributed by atoms with Gasteiger partial charge in [-0.3, -0.25) is 4.79 Å². The van der Waals surface area contributed by atoms with Crippen molar-refractivity contribution < 1.29 is 9.53 Å². The normalized spacial score (nSPS) is 26.6. The lowest BCUT2D eigenvalue weighted by Gasteiger charge is -2.21. The van der Waals surface area contributed by atoms with Crippen LogP contribution < -0.4 is 5.73 Å². The van der Waals surface area contributed by atoms with Crippen LogP contribution in [0.2, 0.25) is 0 Å². The topological polar surface area (TPSA) is 83.0 Å². The van der Waals surface area contributed by atoms with E-state index in [1.807, 2.05) is 11.6 Å². The first kappa shape index (κ1) is 14.0. The molecule has 0 spiro atoms. The van der Waals surface area contributed by atoms with E-state index in [2.05, 4.69) is 17.0 Å². The molecule has 1 fully saturated rings. The van der Waals surface area contributed by atoms with Gasteiger partial charge in [0.15, 0.2) is 5.82 Å². The van der Waals surface area contributed by atoms with Crippen molar-refractivity contribution >= 4 is 5.97 Å². The van der Waals surface area contributed by atoms with Gasteiger partial charge in [0, 0.05) is 12.8 Å². The maximum atomic E-state index is 11.7. The molecule has 2 N–H and O–H groups in total. The van der Waals surface area contributed by atoms with Crippen molar-refractivity contribution in [3.05, 3.63) is 11.6 Å². The first-order valence-electron chi connectivity index (χ1n) is 6.85. The number of ether oxygens (including phenoxy) is 1. The van der Waals surface area contributed by atoms with E-state index in [1.165, 1.54) is 7.11 Å². The Bertz CT molecular complexity index is 471. The molecule has 1 heterocycles. The fourth-order valence-electron chi connectivity index (χ4n) is 2.73. The van der Waals surface area contributed by atoms with E-state index in [0.717, 1.165) is 30.9 Å². The van der Waals surface area contributed by atoms with Crippen LogP contribution in [0.3, 0.4) is 0 Å². The third-order valence-electron chi connectivity index (χ3n) is 3.84. The zero-order valence-corrected chi connectivity index (χ0v) is 11.8. The van der Waals surface area contributed by atoms with Gasteiger partial charge in [0.2, 0.25) is 0 Å². The van der Waals surface area contributed by atoms with Crippen LogP contribution in [0.15, 0.2) is 0 Å². The summed E-state index contributed by atoms with van der Waals surface area (Å²) in [5.74, 6) is 1.49. The first-order valence-corrected chi connectivity index (χ1v) is 6.85. The molecule has 0 aliphatic heterocycles. The Hall–Kier alpha value is -1.43. The molecule has 0 aromatic carbocycles. The van der Waals surface area contributed by atoms with Gasteiger partial charge in [0.25, 0.3) is 0 Å². The predicted octanol–water partition coefficient (Wildman–Crippen LogP) is 0.998. The number of aryl methyl sites for hydroxylation is 2. The van der Waals surface area contributed by atoms with Crippen LogP contribution in [-0.2, 0) is 22.4 Å². The van der Waals surface area contributed by atoms with Crippen LogP contribution >= 0.6 is 0 Å². The van der Waals surface area contributed by atoms with Crippen molar-refractivity contribution in [3.8, 4) is 0 Å². The van der Waals surface area contributed by atoms with Gasteiger partial charge in [-0.25, -0.2) is 9.67 Å². The molecule has 2 unspecified atom stereocenters. The smallest absolute Gasteiger partial charge is 0.325 e. The van der Waals surface area contributed by atoms with E-state index >= 15 is 0 Å². The molecular weight excluding hydrogens is 244 g/mol. The van der Waals surface area contributed by atoms with Gasteiger partial charge in [-0.2, -0.15) is 5.10 Å². The molecule has 0 amide bonds. The van der Waals surface area contributed by atoms with Crippen LogP contribution in [0.25, 0.3) is 0 Å². The number of aromatic nitrogens is 3. The van der Waals surface area contributed by atoms with Crippen molar-refractivity contribution in [2.24, 2.45) is 5.73 Å². The second kappa shape index (κ2) is 5.28. The van der Waals surface area contributed by atoms with Gasteiger partial charge in [-0.1, -0.05) is 13.8 Å². The number of carbonyl (C=O) groups is 1. The summed E-state index contributed by atoms with van der Waals surface area (Å²) in [6.45, 7) is 4.10. The number of rotatable bonds is 4. The quantitative estimate of drug-likeness (QED) is 0.822. The van der Waals surface area contributed by atoms with Crippen LogP contribution in [0.4, 0.5) is 0 Å². The van der Waals surface area contributed by atoms with Crippen molar-refractivity contribution in [2.45, 2.75) is 57.5 Å². The van der Waals surface area contributed by atoms with Gasteiger partial charge in [0.1, 0.15) is 11.4 Å². The summed E-state index contributed by atoms with van der Waals surface area (Å²) in [4.78, 5) is 16.2. The SMILES string of the molecule is CCc1nc(CC)n(C2CCC(N)(C(=O)OC)C2)n1. The highest BCUT2D eigenvalue weighted by atomic mass is 16.5. The number of hydrogen-bond acceptors (Lipinski definition) is 5. The maximum Gasteiger partial charge on any atom is 0.325 e. The second-order valence-corrected chi connectivity index (χ2v) is 5.14. The minimum atomic E-state index is -0.872. The molecule has 106 valence electrons. The minimum Gasteiger partial charge on any atom is -0.468 e. The molecule has 1 aromatic rings. The fourth-order valence-corrected chi connectivity index (χ4v) is 2.73. The predicted molar refractivity (Wildman–Crippen MR) is 70.6 cm³/mol. The largest absolute Gasteiger partial charge is 0.468 e. The summed E-state index contributed by atoms with van der Waals surface area (Å²) in [5, 5.41) is 4.53. The molecule has 6 heteroatoms. The highest BCUT2D eigenvalue weighted by molar-refractivity contribution is 5.80. The zero-order chi connectivity index (χ0) is 14.0. The van der Waals surface area contributed by atoms with E-state index in [9.17, 15) is 4.79 Å². The summed E-state index contributed by atoms with van der Waals surface area (Å²) < 4.78 is 6.75. The summed E-state index contributed by atoms with van der Waals surface area (Å²) >= 11 is 0. The zero-order valence-electron chi connectivity index (χ0n) is 11.8. The molecule has 2 atom stereocenters. The monoisotopic (exact) mass is 266 g/mol. The van der Waals surface area contributed by atoms with Crippen molar-refractivity contribution in [3.63, 3.8) is 0 Å². The first-order chi connectivity index (χ1) is 9.04. The summed E-state index contributed by atoms with van der Waals surface area (Å²) in [5.41, 5.74) is 5.26. The molecule has 0 saturated heterocycles. The molecule has 1 saturated carbocycles. The third-order valence-corrected chi connectivity index (χ3v) is 3.84. The molecule has 0 radical (unpaired) electrons. The Kier molecular flexibility index (Phi) is 3.89. The van der Waals surface area contributed by atoms with Crippen LogP contribution in [0, 0.1) is 0 Å². The van der Waals surface area contributed by atoms with Crippen molar-refractivity contribution in [1.29, 1.82) is 0 Å². The fraction of sp³-hybridized carbons (Fsp3) is 0.769. The molecule has 1 aliphatic carbocycles. The van der Waals surface area contributed by atoms with Gasteiger partial charge < -0.3 is 10.5 Å². The number of nitrogens with two attached hydrogens (primary N) is 1. The number of methoxy groups -OCH3 is 1. The average Bonchev–Trinajstić information content (AvgIpc) is 3.01. The van der Waals surface area contributed by atoms with E-state index in [-0.39, 0.29) is 12.0 Å². The van der Waals surface area contributed by atoms with Crippen LogP contribution in [0.5, 0.6) is 0 Å². The van der Waals surface area contributed by atoms with E-state index in [1.54, 1.807) is 0 Å². The molecule has 2 rings (SSSR count). The number of esters is 1. The standard InChI is InChI=1S/C13H22N4O2/c1-4-10-15-11(5-2)17(16-10)9-6-7-13(14,8-9)12(18)19-3/h9H,4-8,14H2,1-3H3. The lowest BCUT2D eigenvalue weighted by molar-refractivity contribution is -0.146. The van der Waals surface area contributed by atoms with Gasteiger partial charge >= 0.3 is 5.97 Å². The number of carbonyl (C=O) groups excluding carboxylic acids is 1. The van der Waals surface area contributed by atoms with Crippen molar-refractivity contribution in [2.75, 3.05) is 7.11 Å². The second-order valence-electron chi connectivity index (χ2n) is 5.14. The average molecular weight is 266 g/mol. The summed E-state index contributed by atoms with van der Waals surface area (Å²) in [7, 11) is 1.38. The molecule has 1 aromatic heterocycles. The van der Waals surface area contributed by atoms with E-state index < -0.39 is 5.54 Å². The molecular formula is C13H22N4O2. The Morgan fingerprint density at radius 1 is 1.53 bits per heavy atom. The minimum absolute atomic E-state index is 0.145. The van der Waals surface area contributed by atoms with Gasteiger partial charge in [-0.05, 0) is 19.3 Å². The maximum absolute atomic E-state index is 11.7. The molecule has 6 nitrogen and oxygen atoms in total. The van der Waals surface area contributed by atoms with Gasteiger partial charge in [-0.15, -0.1) is 0 Å². The lowest BCUT2D eigenvalue weighted by atomic mass is 9.99. The Labute approximate surface area is 113 Å². The third kappa shape index (κ3) is 2.49. The summed E-state index contributed by atoms with van der Waals surface area (Å²) in [6.07, 6.45) is 3.69. The Morgan fingerprint density at radius 2 is 2.26 bits per heavy atom. The van der Waals surface area contributed by atoms with E-state index in [0.29, 0.717) is 12.8 Å². The van der Waals surface area contributed by atoms with E-state index in [4.69, 9.17) is 10.5 Å². The molecule has 19 heavy (non-hydrogen) atoms. The van der Waals surface area contributed by atoms with Crippen molar-refractivity contribution in [1.82, 2.24) is 14.8 Å². The molecule has 1 aliphatic rings. The highest BCUT2D eigenvalue weighted by Gasteiger charge is 2.44. The Morgan fingerprint density at radius 3 is 2.84 bits per heavy atom. The van der Waals surface area contributed by atoms with Crippen LogP contribution in [0.1, 0.15) is 50.8 Å². The highest BCUT2D eigenvalue weighted by Crippen LogP contribution is 2.37. The number of hydrogen-bond donors (Lipinski definition) is 1. The molecule has 0 bridgehead atoms. The van der Waals surface area contributed by atoms with Crippen LogP contribution in [-0.4, -0.2) is 33.4 Å². The Balaban J connectivity index is 2.21. The number of nitrogens with zero attached hydrogens (tertiary/aromatic N) is 3. The summed E-state index contributed by atoms with van der Waals surface area (Å²) in [6, 6.07) is 0.145. The lowest BCUT2D eigenvalue weighted by Crippen LogP contribution is -2.46. The van der Waals surface area contributed by atoms with Gasteiger partial charge in [0.05, 0.1) is 13.2 Å².